The van der Waals surface area contributed by atoms with Gasteiger partial charge in [0.25, 0.3) is 0 Å². The van der Waals surface area contributed by atoms with E-state index in [4.69, 9.17) is 4.74 Å². The minimum Gasteiger partial charge on any atom is -0.460 e. The molecule has 0 unspecified atom stereocenters. The van der Waals surface area contributed by atoms with E-state index in [1.807, 2.05) is 0 Å². The van der Waals surface area contributed by atoms with Gasteiger partial charge in [0.2, 0.25) is 5.91 Å². The quantitative estimate of drug-likeness (QED) is 0.782. The molecule has 0 N–H and O–H groups in total. The normalized spacial score (nSPS) is 14.8. The van der Waals surface area contributed by atoms with Crippen LogP contribution in [-0.2, 0) is 9.53 Å². The third-order valence-corrected chi connectivity index (χ3v) is 2.92. The van der Waals surface area contributed by atoms with Crippen molar-refractivity contribution in [2.45, 2.75) is 12.8 Å². The number of benzene rings is 1. The molecule has 1 aromatic carbocycles. The van der Waals surface area contributed by atoms with Crippen molar-refractivity contribution in [3.8, 4) is 0 Å². The highest BCUT2D eigenvalue weighted by atomic mass is 19.1. The van der Waals surface area contributed by atoms with Gasteiger partial charge in [0, 0.05) is 19.0 Å². The lowest BCUT2D eigenvalue weighted by molar-refractivity contribution is -0.128. The molecule has 1 fully saturated rings. The molecule has 1 aromatic rings. The minimum absolute atomic E-state index is 0.00138. The van der Waals surface area contributed by atoms with Crippen LogP contribution in [0.25, 0.3) is 0 Å². The summed E-state index contributed by atoms with van der Waals surface area (Å²) in [5, 5.41) is 0. The second kappa shape index (κ2) is 5.77. The van der Waals surface area contributed by atoms with E-state index in [0.717, 1.165) is 18.6 Å². The molecular formula is C13H13F2NO3. The summed E-state index contributed by atoms with van der Waals surface area (Å²) >= 11 is 0. The van der Waals surface area contributed by atoms with Crippen LogP contribution in [0.2, 0.25) is 0 Å². The third-order valence-electron chi connectivity index (χ3n) is 2.92. The first-order chi connectivity index (χ1) is 9.08. The number of carbonyl (C=O) groups is 2. The average molecular weight is 269 g/mol. The molecule has 0 aromatic heterocycles. The van der Waals surface area contributed by atoms with E-state index in [2.05, 4.69) is 0 Å². The number of halogens is 2. The van der Waals surface area contributed by atoms with Crippen molar-refractivity contribution in [3.05, 3.63) is 35.4 Å². The Balaban J connectivity index is 1.85. The number of hydrogen-bond acceptors (Lipinski definition) is 3. The van der Waals surface area contributed by atoms with E-state index in [1.54, 1.807) is 4.90 Å². The van der Waals surface area contributed by atoms with E-state index in [1.165, 1.54) is 0 Å². The fourth-order valence-corrected chi connectivity index (χ4v) is 1.92. The number of ether oxygens (including phenoxy) is 1. The molecule has 2 rings (SSSR count). The van der Waals surface area contributed by atoms with Gasteiger partial charge in [0.1, 0.15) is 18.2 Å². The Hall–Kier alpha value is -1.98. The lowest BCUT2D eigenvalue weighted by atomic mass is 10.2. The van der Waals surface area contributed by atoms with Crippen molar-refractivity contribution in [2.24, 2.45) is 0 Å². The Morgan fingerprint density at radius 3 is 2.79 bits per heavy atom. The van der Waals surface area contributed by atoms with Gasteiger partial charge in [-0.25, -0.2) is 13.6 Å². The number of rotatable bonds is 4. The Labute approximate surface area is 109 Å². The second-order valence-electron chi connectivity index (χ2n) is 4.24. The van der Waals surface area contributed by atoms with Crippen LogP contribution in [0.15, 0.2) is 18.2 Å². The van der Waals surface area contributed by atoms with E-state index >= 15 is 0 Å². The molecule has 1 aliphatic heterocycles. The highest BCUT2D eigenvalue weighted by molar-refractivity contribution is 5.89. The van der Waals surface area contributed by atoms with E-state index < -0.39 is 17.6 Å². The number of likely N-dealkylation sites (tertiary alicyclic amines) is 1. The Bertz CT molecular complexity index is 505. The molecule has 1 amide bonds. The summed E-state index contributed by atoms with van der Waals surface area (Å²) in [7, 11) is 0. The predicted molar refractivity (Wildman–Crippen MR) is 62.5 cm³/mol. The molecule has 0 radical (unpaired) electrons. The van der Waals surface area contributed by atoms with Crippen LogP contribution in [-0.4, -0.2) is 36.5 Å². The smallest absolute Gasteiger partial charge is 0.341 e. The number of amides is 1. The Kier molecular flexibility index (Phi) is 4.09. The van der Waals surface area contributed by atoms with Crippen LogP contribution in [0.5, 0.6) is 0 Å². The van der Waals surface area contributed by atoms with Crippen molar-refractivity contribution < 1.29 is 23.1 Å². The first kappa shape index (κ1) is 13.5. The fourth-order valence-electron chi connectivity index (χ4n) is 1.92. The van der Waals surface area contributed by atoms with Gasteiger partial charge < -0.3 is 9.64 Å². The molecule has 19 heavy (non-hydrogen) atoms. The number of hydrogen-bond donors (Lipinski definition) is 0. The van der Waals surface area contributed by atoms with Gasteiger partial charge in [-0.05, 0) is 18.6 Å². The topological polar surface area (TPSA) is 46.6 Å². The zero-order valence-corrected chi connectivity index (χ0v) is 10.2. The summed E-state index contributed by atoms with van der Waals surface area (Å²) < 4.78 is 30.8. The largest absolute Gasteiger partial charge is 0.460 e. The summed E-state index contributed by atoms with van der Waals surface area (Å²) in [5.41, 5.74) is -0.311. The van der Waals surface area contributed by atoms with Gasteiger partial charge >= 0.3 is 5.97 Å². The molecule has 0 spiro atoms. The molecule has 0 bridgehead atoms. The third kappa shape index (κ3) is 3.27. The fraction of sp³-hybridized carbons (Fsp3) is 0.385. The van der Waals surface area contributed by atoms with Gasteiger partial charge in [0.15, 0.2) is 0 Å². The monoisotopic (exact) mass is 269 g/mol. The van der Waals surface area contributed by atoms with Crippen LogP contribution in [0.4, 0.5) is 8.78 Å². The van der Waals surface area contributed by atoms with Crippen LogP contribution < -0.4 is 0 Å². The number of nitrogens with zero attached hydrogens (tertiary/aromatic N) is 1. The standard InChI is InChI=1S/C13H13F2NO3/c14-9-3-4-10(11(15)8-9)13(18)19-7-6-16-5-1-2-12(16)17/h3-4,8H,1-2,5-7H2. The first-order valence-electron chi connectivity index (χ1n) is 5.98. The molecule has 1 saturated heterocycles. The highest BCUT2D eigenvalue weighted by Gasteiger charge is 2.20. The van der Waals surface area contributed by atoms with Crippen LogP contribution in [0.1, 0.15) is 23.2 Å². The molecule has 4 nitrogen and oxygen atoms in total. The summed E-state index contributed by atoms with van der Waals surface area (Å²) in [6.45, 7) is 0.954. The summed E-state index contributed by atoms with van der Waals surface area (Å²) in [4.78, 5) is 24.4. The molecule has 1 heterocycles. The summed E-state index contributed by atoms with van der Waals surface area (Å²) in [6, 6.07) is 2.65. The zero-order valence-electron chi connectivity index (χ0n) is 10.2. The van der Waals surface area contributed by atoms with Gasteiger partial charge in [-0.15, -0.1) is 0 Å². The summed E-state index contributed by atoms with van der Waals surface area (Å²) in [6.07, 6.45) is 1.32. The summed E-state index contributed by atoms with van der Waals surface area (Å²) in [5.74, 6) is -2.54. The van der Waals surface area contributed by atoms with Gasteiger partial charge in [0.05, 0.1) is 12.1 Å². The molecule has 0 saturated carbocycles. The Morgan fingerprint density at radius 1 is 1.37 bits per heavy atom. The molecule has 1 aliphatic rings. The molecule has 0 aliphatic carbocycles. The van der Waals surface area contributed by atoms with Crippen molar-refractivity contribution in [2.75, 3.05) is 19.7 Å². The maximum Gasteiger partial charge on any atom is 0.341 e. The Morgan fingerprint density at radius 2 is 2.16 bits per heavy atom. The highest BCUT2D eigenvalue weighted by Crippen LogP contribution is 2.12. The van der Waals surface area contributed by atoms with Crippen molar-refractivity contribution in [3.63, 3.8) is 0 Å². The van der Waals surface area contributed by atoms with Gasteiger partial charge in [-0.3, -0.25) is 4.79 Å². The molecule has 102 valence electrons. The van der Waals surface area contributed by atoms with Gasteiger partial charge in [-0.1, -0.05) is 0 Å². The lowest BCUT2D eigenvalue weighted by Crippen LogP contribution is -2.29. The van der Waals surface area contributed by atoms with Crippen LogP contribution in [0, 0.1) is 11.6 Å². The van der Waals surface area contributed by atoms with E-state index in [9.17, 15) is 18.4 Å². The SMILES string of the molecule is O=C(OCCN1CCCC1=O)c1ccc(F)cc1F. The van der Waals surface area contributed by atoms with Crippen LogP contribution >= 0.6 is 0 Å². The number of esters is 1. The maximum atomic E-state index is 13.3. The molecule has 6 heteroatoms. The van der Waals surface area contributed by atoms with Crippen molar-refractivity contribution in [1.29, 1.82) is 0 Å². The maximum absolute atomic E-state index is 13.3. The van der Waals surface area contributed by atoms with Gasteiger partial charge in [-0.2, -0.15) is 0 Å². The predicted octanol–water partition coefficient (Wildman–Crippen LogP) is 1.74. The van der Waals surface area contributed by atoms with Crippen molar-refractivity contribution >= 4 is 11.9 Å². The number of carbonyl (C=O) groups excluding carboxylic acids is 2. The van der Waals surface area contributed by atoms with E-state index in [-0.39, 0.29) is 18.1 Å². The zero-order chi connectivity index (χ0) is 13.8. The second-order valence-corrected chi connectivity index (χ2v) is 4.24. The molecule has 0 atom stereocenters. The molecular weight excluding hydrogens is 256 g/mol. The average Bonchev–Trinajstić information content (AvgIpc) is 2.75. The van der Waals surface area contributed by atoms with E-state index in [0.29, 0.717) is 25.6 Å². The first-order valence-corrected chi connectivity index (χ1v) is 5.98. The van der Waals surface area contributed by atoms with Crippen molar-refractivity contribution in [1.82, 2.24) is 4.90 Å². The van der Waals surface area contributed by atoms with Crippen LogP contribution in [0.3, 0.4) is 0 Å². The lowest BCUT2D eigenvalue weighted by Gasteiger charge is -2.15. The minimum atomic E-state index is -0.956.